The van der Waals surface area contributed by atoms with Gasteiger partial charge >= 0.3 is 0 Å². The minimum Gasteiger partial charge on any atom is -0.489 e. The average molecular weight is 405 g/mol. The van der Waals surface area contributed by atoms with Gasteiger partial charge in [0.1, 0.15) is 18.1 Å². The molecule has 0 spiro atoms. The predicted molar refractivity (Wildman–Crippen MR) is 112 cm³/mol. The summed E-state index contributed by atoms with van der Waals surface area (Å²) in [7, 11) is 0. The topological polar surface area (TPSA) is 103 Å². The summed E-state index contributed by atoms with van der Waals surface area (Å²) in [5.74, 6) is 0.748. The van der Waals surface area contributed by atoms with E-state index in [0.29, 0.717) is 23.7 Å². The lowest BCUT2D eigenvalue weighted by atomic mass is 10.2. The van der Waals surface area contributed by atoms with E-state index in [-0.39, 0.29) is 12.3 Å². The lowest BCUT2D eigenvalue weighted by Gasteiger charge is -2.08. The van der Waals surface area contributed by atoms with Crippen LogP contribution in [0, 0.1) is 10.1 Å². The van der Waals surface area contributed by atoms with Crippen LogP contribution in [-0.4, -0.2) is 23.7 Å². The van der Waals surface area contributed by atoms with Gasteiger partial charge in [0.25, 0.3) is 11.6 Å². The molecule has 0 aliphatic heterocycles. The Morgan fingerprint density at radius 2 is 1.67 bits per heavy atom. The minimum atomic E-state index is -0.498. The fourth-order valence-corrected chi connectivity index (χ4v) is 2.45. The summed E-state index contributed by atoms with van der Waals surface area (Å²) >= 11 is 0. The van der Waals surface area contributed by atoms with Crippen molar-refractivity contribution in [3.63, 3.8) is 0 Å². The van der Waals surface area contributed by atoms with E-state index < -0.39 is 10.8 Å². The third kappa shape index (κ3) is 6.45. The lowest BCUT2D eigenvalue weighted by molar-refractivity contribution is -0.384. The maximum Gasteiger partial charge on any atom is 0.277 e. The van der Waals surface area contributed by atoms with E-state index in [1.165, 1.54) is 24.4 Å². The number of non-ortho nitro benzene ring substituents is 1. The van der Waals surface area contributed by atoms with Gasteiger partial charge in [-0.05, 0) is 29.8 Å². The van der Waals surface area contributed by atoms with Crippen LogP contribution < -0.4 is 14.9 Å². The van der Waals surface area contributed by atoms with Crippen molar-refractivity contribution in [3.05, 3.63) is 100 Å². The Kier molecular flexibility index (Phi) is 7.10. The molecule has 30 heavy (non-hydrogen) atoms. The van der Waals surface area contributed by atoms with Crippen molar-refractivity contribution >= 4 is 17.8 Å². The zero-order valence-corrected chi connectivity index (χ0v) is 15.9. The quantitative estimate of drug-likeness (QED) is 0.332. The van der Waals surface area contributed by atoms with Crippen LogP contribution in [0.25, 0.3) is 0 Å². The highest BCUT2D eigenvalue weighted by atomic mass is 16.6. The predicted octanol–water partition coefficient (Wildman–Crippen LogP) is 3.70. The van der Waals surface area contributed by atoms with Crippen molar-refractivity contribution in [3.8, 4) is 11.5 Å². The summed E-state index contributed by atoms with van der Waals surface area (Å²) in [5.41, 5.74) is 3.83. The van der Waals surface area contributed by atoms with Crippen LogP contribution >= 0.6 is 0 Å². The fraction of sp³-hybridized carbons (Fsp3) is 0.0909. The van der Waals surface area contributed by atoms with E-state index >= 15 is 0 Å². The Bertz CT molecular complexity index is 1020. The third-order valence-corrected chi connectivity index (χ3v) is 3.93. The van der Waals surface area contributed by atoms with E-state index in [4.69, 9.17) is 9.47 Å². The average Bonchev–Trinajstić information content (AvgIpc) is 2.78. The summed E-state index contributed by atoms with van der Waals surface area (Å²) in [6.07, 6.45) is 1.32. The number of benzene rings is 3. The number of hydrogen-bond acceptors (Lipinski definition) is 6. The maximum absolute atomic E-state index is 11.8. The summed E-state index contributed by atoms with van der Waals surface area (Å²) in [6, 6.07) is 22.7. The smallest absolute Gasteiger partial charge is 0.277 e. The van der Waals surface area contributed by atoms with Gasteiger partial charge in [0.2, 0.25) is 0 Å². The van der Waals surface area contributed by atoms with Gasteiger partial charge < -0.3 is 9.47 Å². The van der Waals surface area contributed by atoms with Crippen molar-refractivity contribution in [2.45, 2.75) is 6.61 Å². The Hall–Kier alpha value is -4.20. The molecule has 3 aromatic rings. The Labute approximate surface area is 172 Å². The number of hydrazone groups is 1. The number of nitrogens with zero attached hydrogens (tertiary/aromatic N) is 2. The van der Waals surface area contributed by atoms with Gasteiger partial charge in [0.15, 0.2) is 6.61 Å². The molecule has 8 heteroatoms. The Morgan fingerprint density at radius 3 is 2.37 bits per heavy atom. The summed E-state index contributed by atoms with van der Waals surface area (Å²) in [4.78, 5) is 22.1. The molecule has 0 aliphatic rings. The molecule has 0 heterocycles. The molecule has 0 aliphatic carbocycles. The van der Waals surface area contributed by atoms with Crippen molar-refractivity contribution in [1.82, 2.24) is 5.43 Å². The second-order valence-electron chi connectivity index (χ2n) is 6.18. The first-order valence-corrected chi connectivity index (χ1v) is 9.06. The molecule has 0 aromatic heterocycles. The number of nitrogens with one attached hydrogen (secondary N) is 1. The van der Waals surface area contributed by atoms with Gasteiger partial charge in [-0.25, -0.2) is 5.43 Å². The van der Waals surface area contributed by atoms with Crippen LogP contribution in [0.3, 0.4) is 0 Å². The Balaban J connectivity index is 1.42. The maximum atomic E-state index is 11.8. The number of hydrogen-bond donors (Lipinski definition) is 1. The number of ether oxygens (including phenoxy) is 2. The SMILES string of the molecule is O=C(COc1ccc(OCc2ccccc2)cc1)N/N=C/c1cccc([N+](=O)[O-])c1. The third-order valence-electron chi connectivity index (χ3n) is 3.93. The van der Waals surface area contributed by atoms with Gasteiger partial charge in [0, 0.05) is 17.7 Å². The fourth-order valence-electron chi connectivity index (χ4n) is 2.45. The van der Waals surface area contributed by atoms with Gasteiger partial charge in [-0.1, -0.05) is 42.5 Å². The molecule has 3 rings (SSSR count). The molecular formula is C22H19N3O5. The zero-order chi connectivity index (χ0) is 21.2. The number of amides is 1. The summed E-state index contributed by atoms with van der Waals surface area (Å²) in [6.45, 7) is 0.239. The van der Waals surface area contributed by atoms with Crippen molar-refractivity contribution in [2.75, 3.05) is 6.61 Å². The van der Waals surface area contributed by atoms with Crippen LogP contribution in [-0.2, 0) is 11.4 Å². The monoisotopic (exact) mass is 405 g/mol. The van der Waals surface area contributed by atoms with E-state index in [9.17, 15) is 14.9 Å². The van der Waals surface area contributed by atoms with E-state index in [2.05, 4.69) is 10.5 Å². The summed E-state index contributed by atoms with van der Waals surface area (Å²) < 4.78 is 11.1. The molecule has 152 valence electrons. The molecule has 0 unspecified atom stereocenters. The zero-order valence-electron chi connectivity index (χ0n) is 15.9. The molecule has 0 fully saturated rings. The van der Waals surface area contributed by atoms with Gasteiger partial charge in [-0.3, -0.25) is 14.9 Å². The van der Waals surface area contributed by atoms with Crippen LogP contribution in [0.4, 0.5) is 5.69 Å². The first kappa shape index (κ1) is 20.5. The number of carbonyl (C=O) groups excluding carboxylic acids is 1. The van der Waals surface area contributed by atoms with Crippen molar-refractivity contribution in [1.29, 1.82) is 0 Å². The normalized spacial score (nSPS) is 10.5. The second-order valence-corrected chi connectivity index (χ2v) is 6.18. The molecule has 0 bridgehead atoms. The highest BCUT2D eigenvalue weighted by Crippen LogP contribution is 2.18. The lowest BCUT2D eigenvalue weighted by Crippen LogP contribution is -2.24. The first-order chi connectivity index (χ1) is 14.6. The van der Waals surface area contributed by atoms with Crippen LogP contribution in [0.2, 0.25) is 0 Å². The van der Waals surface area contributed by atoms with Crippen LogP contribution in [0.15, 0.2) is 84.0 Å². The molecule has 0 saturated heterocycles. The molecule has 0 radical (unpaired) electrons. The van der Waals surface area contributed by atoms with E-state index in [1.54, 1.807) is 30.3 Å². The molecule has 0 atom stereocenters. The van der Waals surface area contributed by atoms with E-state index in [0.717, 1.165) is 5.56 Å². The number of carbonyl (C=O) groups is 1. The summed E-state index contributed by atoms with van der Waals surface area (Å²) in [5, 5.41) is 14.5. The molecule has 0 saturated carbocycles. The second kappa shape index (κ2) is 10.4. The van der Waals surface area contributed by atoms with Crippen LogP contribution in [0.1, 0.15) is 11.1 Å². The number of nitro groups is 1. The molecule has 1 N–H and O–H groups in total. The number of rotatable bonds is 9. The van der Waals surface area contributed by atoms with E-state index in [1.807, 2.05) is 30.3 Å². The highest BCUT2D eigenvalue weighted by Gasteiger charge is 2.05. The molecular weight excluding hydrogens is 386 g/mol. The van der Waals surface area contributed by atoms with Gasteiger partial charge in [-0.15, -0.1) is 0 Å². The van der Waals surface area contributed by atoms with Gasteiger partial charge in [0.05, 0.1) is 11.1 Å². The van der Waals surface area contributed by atoms with Crippen LogP contribution in [0.5, 0.6) is 11.5 Å². The largest absolute Gasteiger partial charge is 0.489 e. The molecule has 1 amide bonds. The standard InChI is InChI=1S/C22H19N3O5/c26-22(24-23-14-18-7-4-8-19(13-18)25(27)28)16-30-21-11-9-20(10-12-21)29-15-17-5-2-1-3-6-17/h1-14H,15-16H2,(H,24,26)/b23-14+. The Morgan fingerprint density at radius 1 is 0.967 bits per heavy atom. The number of nitro benzene ring substituents is 1. The molecule has 8 nitrogen and oxygen atoms in total. The van der Waals surface area contributed by atoms with Crippen molar-refractivity contribution in [2.24, 2.45) is 5.10 Å². The first-order valence-electron chi connectivity index (χ1n) is 9.06. The van der Waals surface area contributed by atoms with Crippen molar-refractivity contribution < 1.29 is 19.2 Å². The minimum absolute atomic E-state index is 0.0511. The van der Waals surface area contributed by atoms with Gasteiger partial charge in [-0.2, -0.15) is 5.10 Å². The molecule has 3 aromatic carbocycles. The highest BCUT2D eigenvalue weighted by molar-refractivity contribution is 5.83.